The lowest BCUT2D eigenvalue weighted by atomic mass is 9.77. The Morgan fingerprint density at radius 3 is 2.22 bits per heavy atom. The number of halogens is 1. The van der Waals surface area contributed by atoms with E-state index >= 15 is 0 Å². The van der Waals surface area contributed by atoms with Gasteiger partial charge in [-0.1, -0.05) is 43.7 Å². The summed E-state index contributed by atoms with van der Waals surface area (Å²) in [7, 11) is 0. The molecule has 0 heterocycles. The summed E-state index contributed by atoms with van der Waals surface area (Å²) in [6, 6.07) is 13.5. The topological polar surface area (TPSA) is 9.23 Å². The second-order valence-corrected chi connectivity index (χ2v) is 7.46. The number of hydrogen-bond donors (Lipinski definition) is 0. The molecule has 0 bridgehead atoms. The minimum Gasteiger partial charge on any atom is -0.491 e. The highest BCUT2D eigenvalue weighted by Crippen LogP contribution is 2.37. The molecule has 27 heavy (non-hydrogen) atoms. The minimum absolute atomic E-state index is 0.279. The van der Waals surface area contributed by atoms with Gasteiger partial charge in [-0.25, -0.2) is 4.39 Å². The van der Waals surface area contributed by atoms with Crippen LogP contribution in [0.25, 0.3) is 0 Å². The summed E-state index contributed by atoms with van der Waals surface area (Å²) in [5, 5.41) is 0. The molecule has 0 atom stereocenters. The van der Waals surface area contributed by atoms with Crippen LogP contribution < -0.4 is 4.74 Å². The first kappa shape index (κ1) is 19.5. The maximum absolute atomic E-state index is 13.9. The summed E-state index contributed by atoms with van der Waals surface area (Å²) >= 11 is 0. The molecule has 142 valence electrons. The lowest BCUT2D eigenvalue weighted by Crippen LogP contribution is -2.13. The van der Waals surface area contributed by atoms with Crippen LogP contribution >= 0.6 is 0 Å². The van der Waals surface area contributed by atoms with E-state index in [1.165, 1.54) is 50.2 Å². The first-order valence-corrected chi connectivity index (χ1v) is 10.2. The van der Waals surface area contributed by atoms with Crippen molar-refractivity contribution in [3.8, 4) is 17.6 Å². The van der Waals surface area contributed by atoms with Gasteiger partial charge in [0, 0.05) is 11.1 Å². The van der Waals surface area contributed by atoms with Gasteiger partial charge in [-0.05, 0) is 80.3 Å². The lowest BCUT2D eigenvalue weighted by Gasteiger charge is -2.28. The molecule has 0 spiro atoms. The summed E-state index contributed by atoms with van der Waals surface area (Å²) < 4.78 is 19.1. The lowest BCUT2D eigenvalue weighted by molar-refractivity contribution is 0.308. The van der Waals surface area contributed by atoms with E-state index in [1.807, 2.05) is 6.92 Å². The molecule has 0 saturated heterocycles. The van der Waals surface area contributed by atoms with Crippen molar-refractivity contribution < 1.29 is 9.13 Å². The van der Waals surface area contributed by atoms with Crippen molar-refractivity contribution in [3.63, 3.8) is 0 Å². The average Bonchev–Trinajstić information content (AvgIpc) is 2.70. The second-order valence-electron chi connectivity index (χ2n) is 7.46. The van der Waals surface area contributed by atoms with Crippen molar-refractivity contribution in [3.05, 3.63) is 65.0 Å². The van der Waals surface area contributed by atoms with Crippen LogP contribution in [0.3, 0.4) is 0 Å². The van der Waals surface area contributed by atoms with Crippen LogP contribution in [-0.4, -0.2) is 6.61 Å². The van der Waals surface area contributed by atoms with Gasteiger partial charge in [0.25, 0.3) is 0 Å². The zero-order valence-corrected chi connectivity index (χ0v) is 16.4. The number of hydrogen-bond acceptors (Lipinski definition) is 1. The van der Waals surface area contributed by atoms with Crippen molar-refractivity contribution in [2.24, 2.45) is 5.92 Å². The molecule has 0 unspecified atom stereocenters. The number of rotatable bonds is 5. The van der Waals surface area contributed by atoms with E-state index in [1.54, 1.807) is 12.1 Å². The van der Waals surface area contributed by atoms with Crippen molar-refractivity contribution >= 4 is 0 Å². The fourth-order valence-corrected chi connectivity index (χ4v) is 4.03. The van der Waals surface area contributed by atoms with Crippen molar-refractivity contribution in [1.29, 1.82) is 0 Å². The normalized spacial score (nSPS) is 19.2. The molecule has 0 radical (unpaired) electrons. The van der Waals surface area contributed by atoms with Crippen LogP contribution in [-0.2, 0) is 0 Å². The molecule has 0 N–H and O–H groups in total. The number of ether oxygens (including phenoxy) is 1. The largest absolute Gasteiger partial charge is 0.491 e. The highest BCUT2D eigenvalue weighted by molar-refractivity contribution is 5.45. The van der Waals surface area contributed by atoms with E-state index in [0.717, 1.165) is 11.5 Å². The van der Waals surface area contributed by atoms with E-state index in [2.05, 4.69) is 43.0 Å². The minimum atomic E-state index is -0.363. The summed E-state index contributed by atoms with van der Waals surface area (Å²) in [6.45, 7) is 4.58. The molecule has 3 rings (SSSR count). The average molecular weight is 365 g/mol. The Morgan fingerprint density at radius 1 is 0.926 bits per heavy atom. The van der Waals surface area contributed by atoms with Gasteiger partial charge < -0.3 is 4.74 Å². The Hall–Kier alpha value is -2.27. The van der Waals surface area contributed by atoms with E-state index in [9.17, 15) is 4.39 Å². The van der Waals surface area contributed by atoms with E-state index in [4.69, 9.17) is 4.74 Å². The molecule has 2 heteroatoms. The third-order valence-electron chi connectivity index (χ3n) is 5.51. The Morgan fingerprint density at radius 2 is 1.59 bits per heavy atom. The van der Waals surface area contributed by atoms with Crippen LogP contribution in [0.15, 0.2) is 42.5 Å². The van der Waals surface area contributed by atoms with Crippen LogP contribution in [0.4, 0.5) is 4.39 Å². The first-order chi connectivity index (χ1) is 13.2. The Balaban J connectivity index is 1.62. The van der Waals surface area contributed by atoms with Gasteiger partial charge in [-0.3, -0.25) is 0 Å². The fraction of sp³-hybridized carbons (Fsp3) is 0.440. The first-order valence-electron chi connectivity index (χ1n) is 10.2. The van der Waals surface area contributed by atoms with E-state index in [0.29, 0.717) is 18.1 Å². The van der Waals surface area contributed by atoms with E-state index in [-0.39, 0.29) is 11.6 Å². The van der Waals surface area contributed by atoms with Gasteiger partial charge in [-0.15, -0.1) is 0 Å². The van der Waals surface area contributed by atoms with Gasteiger partial charge in [0.05, 0.1) is 6.61 Å². The SMILES string of the molecule is CCC[C@H]1CC[C@H](c2ccc(C#Cc3ccc(OCC)c(F)c3)cc2)CC1. The van der Waals surface area contributed by atoms with Crippen LogP contribution in [0.5, 0.6) is 5.75 Å². The standard InChI is InChI=1S/C25H29FO/c1-3-5-19-8-13-22(14-9-19)23-15-10-20(11-16-23)6-7-21-12-17-25(27-4-2)24(26)18-21/h10-12,15-19,22H,3-5,8-9,13-14H2,1-2H3/t19-,22-. The smallest absolute Gasteiger partial charge is 0.166 e. The maximum Gasteiger partial charge on any atom is 0.166 e. The van der Waals surface area contributed by atoms with Gasteiger partial charge in [0.2, 0.25) is 0 Å². The Bertz CT molecular complexity index is 789. The predicted molar refractivity (Wildman–Crippen MR) is 110 cm³/mol. The third-order valence-corrected chi connectivity index (χ3v) is 5.51. The summed E-state index contributed by atoms with van der Waals surface area (Å²) in [5.41, 5.74) is 3.06. The van der Waals surface area contributed by atoms with E-state index < -0.39 is 0 Å². The van der Waals surface area contributed by atoms with Gasteiger partial charge >= 0.3 is 0 Å². The molecule has 0 aliphatic heterocycles. The van der Waals surface area contributed by atoms with Gasteiger partial charge in [0.1, 0.15) is 0 Å². The molecule has 2 aromatic rings. The Kier molecular flexibility index (Phi) is 6.93. The fourth-order valence-electron chi connectivity index (χ4n) is 4.03. The molecule has 1 aliphatic carbocycles. The summed E-state index contributed by atoms with van der Waals surface area (Å²) in [5.74, 6) is 7.73. The highest BCUT2D eigenvalue weighted by Gasteiger charge is 2.21. The van der Waals surface area contributed by atoms with Gasteiger partial charge in [0.15, 0.2) is 11.6 Å². The molecule has 1 aliphatic rings. The molecule has 0 amide bonds. The highest BCUT2D eigenvalue weighted by atomic mass is 19.1. The van der Waals surface area contributed by atoms with Gasteiger partial charge in [-0.2, -0.15) is 0 Å². The molecular formula is C25H29FO. The van der Waals surface area contributed by atoms with Crippen molar-refractivity contribution in [1.82, 2.24) is 0 Å². The maximum atomic E-state index is 13.9. The van der Waals surface area contributed by atoms with Crippen LogP contribution in [0.2, 0.25) is 0 Å². The molecule has 1 nitrogen and oxygen atoms in total. The molecule has 1 saturated carbocycles. The molecule has 0 aromatic heterocycles. The molecule has 1 fully saturated rings. The van der Waals surface area contributed by atoms with Crippen LogP contribution in [0.1, 0.15) is 75.0 Å². The Labute approximate surface area is 163 Å². The number of benzene rings is 2. The predicted octanol–water partition coefficient (Wildman–Crippen LogP) is 6.70. The summed E-state index contributed by atoms with van der Waals surface area (Å²) in [4.78, 5) is 0. The monoisotopic (exact) mass is 364 g/mol. The van der Waals surface area contributed by atoms with Crippen molar-refractivity contribution in [2.45, 2.75) is 58.3 Å². The van der Waals surface area contributed by atoms with Crippen LogP contribution in [0, 0.1) is 23.6 Å². The molecule has 2 aromatic carbocycles. The summed E-state index contributed by atoms with van der Waals surface area (Å²) in [6.07, 6.45) is 8.03. The quantitative estimate of drug-likeness (QED) is 0.537. The third kappa shape index (κ3) is 5.36. The van der Waals surface area contributed by atoms with Crippen molar-refractivity contribution in [2.75, 3.05) is 6.61 Å². The zero-order valence-electron chi connectivity index (χ0n) is 16.4. The zero-order chi connectivity index (χ0) is 19.1. The molecular weight excluding hydrogens is 335 g/mol. The second kappa shape index (κ2) is 9.60.